The van der Waals surface area contributed by atoms with Gasteiger partial charge in [0, 0.05) is 37.2 Å². The number of benzene rings is 1. The smallest absolute Gasteiger partial charge is 0.222 e. The fourth-order valence-electron chi connectivity index (χ4n) is 3.87. The second-order valence-corrected chi connectivity index (χ2v) is 7.57. The molecule has 2 aromatic heterocycles. The molecule has 8 heteroatoms. The summed E-state index contributed by atoms with van der Waals surface area (Å²) in [5, 5.41) is 7.63. The van der Waals surface area contributed by atoms with Crippen molar-refractivity contribution >= 4 is 22.8 Å². The Balaban J connectivity index is 1.20. The van der Waals surface area contributed by atoms with E-state index in [4.69, 9.17) is 8.94 Å². The quantitative estimate of drug-likeness (QED) is 0.637. The van der Waals surface area contributed by atoms with Crippen LogP contribution in [0.4, 0.5) is 4.39 Å². The van der Waals surface area contributed by atoms with E-state index >= 15 is 0 Å². The van der Waals surface area contributed by atoms with Crippen LogP contribution in [0.3, 0.4) is 0 Å². The van der Waals surface area contributed by atoms with Crippen molar-refractivity contribution in [1.82, 2.24) is 15.4 Å². The molecule has 0 atom stereocenters. The highest BCUT2D eigenvalue weighted by atomic mass is 19.1. The van der Waals surface area contributed by atoms with Crippen LogP contribution in [0.5, 0.6) is 0 Å². The van der Waals surface area contributed by atoms with Gasteiger partial charge in [-0.1, -0.05) is 5.16 Å². The lowest BCUT2D eigenvalue weighted by Gasteiger charge is -2.31. The van der Waals surface area contributed by atoms with Gasteiger partial charge in [-0.2, -0.15) is 0 Å². The van der Waals surface area contributed by atoms with E-state index in [2.05, 4.69) is 10.5 Å². The van der Waals surface area contributed by atoms with Crippen LogP contribution in [0.15, 0.2) is 45.5 Å². The number of carbonyl (C=O) groups is 2. The van der Waals surface area contributed by atoms with Crippen molar-refractivity contribution < 1.29 is 22.9 Å². The molecule has 0 unspecified atom stereocenters. The molecule has 3 aromatic rings. The first-order valence-corrected chi connectivity index (χ1v) is 10.2. The summed E-state index contributed by atoms with van der Waals surface area (Å²) in [5.41, 5.74) is 1.35. The summed E-state index contributed by atoms with van der Waals surface area (Å²) in [4.78, 5) is 26.2. The summed E-state index contributed by atoms with van der Waals surface area (Å²) in [6.07, 6.45) is 4.24. The van der Waals surface area contributed by atoms with Crippen LogP contribution < -0.4 is 5.32 Å². The van der Waals surface area contributed by atoms with Gasteiger partial charge in [0.2, 0.25) is 11.8 Å². The highest BCUT2D eigenvalue weighted by Gasteiger charge is 2.27. The second-order valence-electron chi connectivity index (χ2n) is 7.57. The maximum Gasteiger partial charge on any atom is 0.222 e. The first-order chi connectivity index (χ1) is 14.6. The molecule has 0 radical (unpaired) electrons. The molecular weight excluding hydrogens is 389 g/mol. The number of halogens is 1. The van der Waals surface area contributed by atoms with Crippen molar-refractivity contribution in [1.29, 1.82) is 0 Å². The van der Waals surface area contributed by atoms with Gasteiger partial charge in [0.1, 0.15) is 11.6 Å². The number of rotatable bonds is 7. The summed E-state index contributed by atoms with van der Waals surface area (Å²) < 4.78 is 24.0. The fraction of sp³-hybridized carbons (Fsp3) is 0.409. The number of nitrogens with zero attached hydrogens (tertiary/aromatic N) is 2. The normalized spacial score (nSPS) is 14.9. The molecule has 1 aromatic carbocycles. The van der Waals surface area contributed by atoms with Gasteiger partial charge in [-0.15, -0.1) is 0 Å². The minimum absolute atomic E-state index is 0.0586. The fourth-order valence-corrected chi connectivity index (χ4v) is 3.87. The molecule has 158 valence electrons. The predicted octanol–water partition coefficient (Wildman–Crippen LogP) is 3.75. The minimum Gasteiger partial charge on any atom is -0.467 e. The average molecular weight is 413 g/mol. The molecule has 0 saturated carbocycles. The largest absolute Gasteiger partial charge is 0.467 e. The molecule has 0 spiro atoms. The molecule has 2 amide bonds. The monoisotopic (exact) mass is 413 g/mol. The van der Waals surface area contributed by atoms with Crippen LogP contribution in [-0.2, 0) is 16.1 Å². The van der Waals surface area contributed by atoms with Crippen LogP contribution in [0.1, 0.15) is 49.5 Å². The standard InChI is InChI=1S/C22H24FN3O4/c23-16-6-7-19-18(13-16)22(25-30-19)15-8-10-26(11-9-15)21(28)5-1-4-20(27)24-14-17-3-2-12-29-17/h2-3,6-7,12-13,15H,1,4-5,8-11,14H2,(H,24,27). The number of carbonyl (C=O) groups excluding carboxylic acids is 2. The molecule has 1 fully saturated rings. The first-order valence-electron chi connectivity index (χ1n) is 10.2. The van der Waals surface area contributed by atoms with Gasteiger partial charge in [0.05, 0.1) is 18.5 Å². The Hall–Kier alpha value is -3.16. The minimum atomic E-state index is -0.312. The molecule has 1 aliphatic heterocycles. The van der Waals surface area contributed by atoms with Gasteiger partial charge < -0.3 is 19.2 Å². The Morgan fingerprint density at radius 3 is 2.80 bits per heavy atom. The van der Waals surface area contributed by atoms with Gasteiger partial charge in [0.25, 0.3) is 0 Å². The lowest BCUT2D eigenvalue weighted by Crippen LogP contribution is -2.38. The number of furan rings is 1. The number of nitrogens with one attached hydrogen (secondary N) is 1. The van der Waals surface area contributed by atoms with Gasteiger partial charge >= 0.3 is 0 Å². The third kappa shape index (κ3) is 4.69. The van der Waals surface area contributed by atoms with Gasteiger partial charge in [0.15, 0.2) is 5.58 Å². The van der Waals surface area contributed by atoms with Crippen LogP contribution in [0, 0.1) is 5.82 Å². The zero-order chi connectivity index (χ0) is 20.9. The molecule has 7 nitrogen and oxygen atoms in total. The maximum absolute atomic E-state index is 13.6. The van der Waals surface area contributed by atoms with Gasteiger partial charge in [-0.25, -0.2) is 4.39 Å². The SMILES string of the molecule is O=C(CCCC(=O)N1CCC(c2noc3ccc(F)cc23)CC1)NCc1ccco1. The second kappa shape index (κ2) is 9.11. The van der Waals surface area contributed by atoms with E-state index in [1.54, 1.807) is 24.5 Å². The van der Waals surface area contributed by atoms with Gasteiger partial charge in [-0.3, -0.25) is 9.59 Å². The maximum atomic E-state index is 13.6. The third-order valence-electron chi connectivity index (χ3n) is 5.53. The average Bonchev–Trinajstić information content (AvgIpc) is 3.42. The summed E-state index contributed by atoms with van der Waals surface area (Å²) in [5.74, 6) is 0.494. The van der Waals surface area contributed by atoms with Crippen molar-refractivity contribution in [3.8, 4) is 0 Å². The Labute approximate surface area is 173 Å². The zero-order valence-corrected chi connectivity index (χ0v) is 16.6. The Morgan fingerprint density at radius 2 is 2.03 bits per heavy atom. The molecule has 0 bridgehead atoms. The molecular formula is C22H24FN3O4. The number of amides is 2. The van der Waals surface area contributed by atoms with Crippen molar-refractivity contribution in [2.75, 3.05) is 13.1 Å². The summed E-state index contributed by atoms with van der Waals surface area (Å²) in [6, 6.07) is 7.97. The summed E-state index contributed by atoms with van der Waals surface area (Å²) in [6.45, 7) is 1.60. The van der Waals surface area contributed by atoms with Crippen molar-refractivity contribution in [3.63, 3.8) is 0 Å². The highest BCUT2D eigenvalue weighted by molar-refractivity contribution is 5.80. The highest BCUT2D eigenvalue weighted by Crippen LogP contribution is 2.33. The lowest BCUT2D eigenvalue weighted by molar-refractivity contribution is -0.132. The van der Waals surface area contributed by atoms with E-state index in [0.717, 1.165) is 18.5 Å². The number of aromatic nitrogens is 1. The number of hydrogen-bond acceptors (Lipinski definition) is 5. The molecule has 30 heavy (non-hydrogen) atoms. The van der Waals surface area contributed by atoms with Crippen molar-refractivity contribution in [2.45, 2.75) is 44.6 Å². The van der Waals surface area contributed by atoms with E-state index < -0.39 is 0 Å². The number of likely N-dealkylation sites (tertiary alicyclic amines) is 1. The Kier molecular flexibility index (Phi) is 6.11. The molecule has 1 N–H and O–H groups in total. The van der Waals surface area contributed by atoms with E-state index in [1.807, 2.05) is 4.90 Å². The molecule has 4 rings (SSSR count). The van der Waals surface area contributed by atoms with Crippen LogP contribution >= 0.6 is 0 Å². The number of hydrogen-bond donors (Lipinski definition) is 1. The summed E-state index contributed by atoms with van der Waals surface area (Å²) >= 11 is 0. The zero-order valence-electron chi connectivity index (χ0n) is 16.6. The number of piperidine rings is 1. The van der Waals surface area contributed by atoms with E-state index in [1.165, 1.54) is 12.1 Å². The first kappa shape index (κ1) is 20.1. The molecule has 1 aliphatic rings. The van der Waals surface area contributed by atoms with Crippen molar-refractivity contribution in [2.24, 2.45) is 0 Å². The van der Waals surface area contributed by atoms with E-state index in [-0.39, 0.29) is 23.5 Å². The molecule has 3 heterocycles. The lowest BCUT2D eigenvalue weighted by atomic mass is 9.91. The van der Waals surface area contributed by atoms with Crippen LogP contribution in [-0.4, -0.2) is 35.0 Å². The van der Waals surface area contributed by atoms with Gasteiger partial charge in [-0.05, 0) is 49.6 Å². The van der Waals surface area contributed by atoms with Crippen LogP contribution in [0.25, 0.3) is 11.0 Å². The Bertz CT molecular complexity index is 1010. The Morgan fingerprint density at radius 1 is 1.20 bits per heavy atom. The van der Waals surface area contributed by atoms with E-state index in [9.17, 15) is 14.0 Å². The predicted molar refractivity (Wildman–Crippen MR) is 107 cm³/mol. The summed E-state index contributed by atoms with van der Waals surface area (Å²) in [7, 11) is 0. The van der Waals surface area contributed by atoms with E-state index in [0.29, 0.717) is 55.6 Å². The van der Waals surface area contributed by atoms with Crippen LogP contribution in [0.2, 0.25) is 0 Å². The third-order valence-corrected chi connectivity index (χ3v) is 5.53. The van der Waals surface area contributed by atoms with Crippen molar-refractivity contribution in [3.05, 3.63) is 53.9 Å². The molecule has 1 saturated heterocycles. The molecule has 0 aliphatic carbocycles. The topological polar surface area (TPSA) is 88.6 Å². The number of fused-ring (bicyclic) bond motifs is 1.